The Morgan fingerprint density at radius 2 is 2.09 bits per heavy atom. The fourth-order valence-electron chi connectivity index (χ4n) is 2.38. The van der Waals surface area contributed by atoms with Crippen molar-refractivity contribution in [2.45, 2.75) is 25.8 Å². The van der Waals surface area contributed by atoms with Crippen LogP contribution in [-0.4, -0.2) is 50.7 Å². The molecule has 1 N–H and O–H groups in total. The lowest BCUT2D eigenvalue weighted by Gasteiger charge is -2.32. The maximum Gasteiger partial charge on any atom is 0.260 e. The lowest BCUT2D eigenvalue weighted by Crippen LogP contribution is -2.47. The monoisotopic (exact) mass is 344 g/mol. The van der Waals surface area contributed by atoms with Gasteiger partial charge in [0.05, 0.1) is 5.75 Å². The van der Waals surface area contributed by atoms with Gasteiger partial charge in [0.25, 0.3) is 5.91 Å². The molecule has 1 heterocycles. The van der Waals surface area contributed by atoms with E-state index < -0.39 is 15.8 Å². The Bertz CT molecular complexity index is 643. The summed E-state index contributed by atoms with van der Waals surface area (Å²) in [5.74, 6) is -0.248. The Morgan fingerprint density at radius 1 is 1.39 bits per heavy atom. The number of ether oxygens (including phenoxy) is 1. The van der Waals surface area contributed by atoms with Crippen LogP contribution in [0, 0.1) is 5.82 Å². The molecule has 1 aromatic rings. The summed E-state index contributed by atoms with van der Waals surface area (Å²) in [6.07, 6.45) is 1.15. The molecule has 0 aliphatic carbocycles. The predicted molar refractivity (Wildman–Crippen MR) is 84.1 cm³/mol. The number of amides is 1. The van der Waals surface area contributed by atoms with Gasteiger partial charge in [-0.1, -0.05) is 6.07 Å². The summed E-state index contributed by atoms with van der Waals surface area (Å²) in [6, 6.07) is 5.49. The molecule has 0 bridgehead atoms. The summed E-state index contributed by atoms with van der Waals surface area (Å²) in [6.45, 7) is 2.38. The lowest BCUT2D eigenvalue weighted by atomic mass is 10.1. The van der Waals surface area contributed by atoms with E-state index in [4.69, 9.17) is 4.74 Å². The van der Waals surface area contributed by atoms with Crippen molar-refractivity contribution in [2.24, 2.45) is 0 Å². The number of nitrogens with one attached hydrogen (secondary N) is 1. The van der Waals surface area contributed by atoms with E-state index in [1.54, 1.807) is 17.9 Å². The maximum atomic E-state index is 13.0. The first kappa shape index (κ1) is 17.7. The van der Waals surface area contributed by atoms with Crippen LogP contribution in [0.15, 0.2) is 24.3 Å². The van der Waals surface area contributed by atoms with E-state index in [-0.39, 0.29) is 24.3 Å². The van der Waals surface area contributed by atoms with Crippen molar-refractivity contribution < 1.29 is 22.3 Å². The second-order valence-electron chi connectivity index (χ2n) is 5.42. The average molecular weight is 344 g/mol. The largest absolute Gasteiger partial charge is 0.484 e. The Hall–Kier alpha value is -1.67. The second kappa shape index (κ2) is 7.74. The number of sulfonamides is 1. The molecule has 1 aromatic carbocycles. The molecule has 0 saturated carbocycles. The summed E-state index contributed by atoms with van der Waals surface area (Å²) in [5.41, 5.74) is 0. The molecule has 0 aromatic heterocycles. The van der Waals surface area contributed by atoms with Gasteiger partial charge in [0, 0.05) is 25.2 Å². The van der Waals surface area contributed by atoms with Crippen LogP contribution in [0.1, 0.15) is 19.8 Å². The van der Waals surface area contributed by atoms with Crippen LogP contribution < -0.4 is 9.46 Å². The second-order valence-corrected chi connectivity index (χ2v) is 7.46. The van der Waals surface area contributed by atoms with Crippen LogP contribution >= 0.6 is 0 Å². The molecule has 0 atom stereocenters. The summed E-state index contributed by atoms with van der Waals surface area (Å²) in [7, 11) is -3.22. The van der Waals surface area contributed by atoms with Crippen molar-refractivity contribution >= 4 is 15.9 Å². The number of halogens is 1. The molecule has 8 heteroatoms. The molecule has 0 spiro atoms. The van der Waals surface area contributed by atoms with Crippen LogP contribution in [0.5, 0.6) is 5.75 Å². The Kier molecular flexibility index (Phi) is 5.95. The van der Waals surface area contributed by atoms with Crippen LogP contribution in [-0.2, 0) is 14.8 Å². The predicted octanol–water partition coefficient (Wildman–Crippen LogP) is 1.13. The number of rotatable bonds is 6. The minimum Gasteiger partial charge on any atom is -0.484 e. The molecule has 1 aliphatic rings. The van der Waals surface area contributed by atoms with Gasteiger partial charge < -0.3 is 9.64 Å². The van der Waals surface area contributed by atoms with E-state index in [1.165, 1.54) is 18.2 Å². The van der Waals surface area contributed by atoms with E-state index in [9.17, 15) is 17.6 Å². The highest BCUT2D eigenvalue weighted by Crippen LogP contribution is 2.14. The minimum absolute atomic E-state index is 0.0492. The first-order valence-electron chi connectivity index (χ1n) is 7.56. The highest BCUT2D eigenvalue weighted by Gasteiger charge is 2.25. The molecule has 0 unspecified atom stereocenters. The van der Waals surface area contributed by atoms with E-state index in [0.717, 1.165) is 0 Å². The van der Waals surface area contributed by atoms with Crippen LogP contribution in [0.2, 0.25) is 0 Å². The van der Waals surface area contributed by atoms with Crippen LogP contribution in [0.3, 0.4) is 0 Å². The van der Waals surface area contributed by atoms with Gasteiger partial charge in [-0.15, -0.1) is 0 Å². The molecular formula is C15H21FN2O4S. The third-order valence-electron chi connectivity index (χ3n) is 3.73. The number of carbonyl (C=O) groups is 1. The van der Waals surface area contributed by atoms with Gasteiger partial charge >= 0.3 is 0 Å². The van der Waals surface area contributed by atoms with Gasteiger partial charge in [-0.2, -0.15) is 0 Å². The third kappa shape index (κ3) is 5.47. The van der Waals surface area contributed by atoms with Crippen molar-refractivity contribution in [3.63, 3.8) is 0 Å². The normalized spacial score (nSPS) is 16.3. The smallest absolute Gasteiger partial charge is 0.260 e. The molecule has 2 rings (SSSR count). The zero-order valence-electron chi connectivity index (χ0n) is 13.0. The number of benzene rings is 1. The first-order chi connectivity index (χ1) is 10.9. The number of nitrogens with zero attached hydrogens (tertiary/aromatic N) is 1. The van der Waals surface area contributed by atoms with Gasteiger partial charge in [0.2, 0.25) is 10.0 Å². The molecular weight excluding hydrogens is 323 g/mol. The Morgan fingerprint density at radius 3 is 2.70 bits per heavy atom. The van der Waals surface area contributed by atoms with Crippen molar-refractivity contribution in [2.75, 3.05) is 25.4 Å². The van der Waals surface area contributed by atoms with Gasteiger partial charge in [0.1, 0.15) is 11.6 Å². The lowest BCUT2D eigenvalue weighted by molar-refractivity contribution is -0.134. The highest BCUT2D eigenvalue weighted by molar-refractivity contribution is 7.89. The fourth-order valence-corrected chi connectivity index (χ4v) is 3.29. The summed E-state index contributed by atoms with van der Waals surface area (Å²) >= 11 is 0. The highest BCUT2D eigenvalue weighted by atomic mass is 32.2. The molecule has 6 nitrogen and oxygen atoms in total. The van der Waals surface area contributed by atoms with Gasteiger partial charge in [-0.05, 0) is 31.9 Å². The van der Waals surface area contributed by atoms with Crippen molar-refractivity contribution in [1.82, 2.24) is 9.62 Å². The van der Waals surface area contributed by atoms with Gasteiger partial charge in [-0.25, -0.2) is 17.5 Å². The number of piperidine rings is 1. The zero-order chi connectivity index (χ0) is 16.9. The van der Waals surface area contributed by atoms with Crippen LogP contribution in [0.25, 0.3) is 0 Å². The molecule has 1 saturated heterocycles. The maximum absolute atomic E-state index is 13.0. The molecule has 23 heavy (non-hydrogen) atoms. The molecule has 128 valence electrons. The fraction of sp³-hybridized carbons (Fsp3) is 0.533. The molecule has 1 fully saturated rings. The summed E-state index contributed by atoms with van der Waals surface area (Å²) in [4.78, 5) is 13.7. The van der Waals surface area contributed by atoms with Gasteiger partial charge in [0.15, 0.2) is 6.61 Å². The quantitative estimate of drug-likeness (QED) is 0.839. The molecule has 1 aliphatic heterocycles. The minimum atomic E-state index is -3.22. The van der Waals surface area contributed by atoms with E-state index in [1.807, 2.05) is 0 Å². The Balaban J connectivity index is 1.77. The van der Waals surface area contributed by atoms with Crippen molar-refractivity contribution in [3.05, 3.63) is 30.1 Å². The number of likely N-dealkylation sites (tertiary alicyclic amines) is 1. The summed E-state index contributed by atoms with van der Waals surface area (Å²) in [5, 5.41) is 0. The Labute approximate surface area is 135 Å². The first-order valence-corrected chi connectivity index (χ1v) is 9.21. The molecule has 0 radical (unpaired) electrons. The summed E-state index contributed by atoms with van der Waals surface area (Å²) < 4.78 is 44.0. The SMILES string of the molecule is CCS(=O)(=O)NC1CCN(C(=O)COc2cccc(F)c2)CC1. The van der Waals surface area contributed by atoms with E-state index in [0.29, 0.717) is 31.7 Å². The van der Waals surface area contributed by atoms with E-state index >= 15 is 0 Å². The van der Waals surface area contributed by atoms with Crippen LogP contribution in [0.4, 0.5) is 4.39 Å². The van der Waals surface area contributed by atoms with E-state index in [2.05, 4.69) is 4.72 Å². The standard InChI is InChI=1S/C15H21FN2O4S/c1-2-23(20,21)17-13-6-8-18(9-7-13)15(19)11-22-14-5-3-4-12(16)10-14/h3-5,10,13,17H,2,6-9,11H2,1H3. The third-order valence-corrected chi connectivity index (χ3v) is 5.18. The molecule has 1 amide bonds. The van der Waals surface area contributed by atoms with Crippen molar-refractivity contribution in [1.29, 1.82) is 0 Å². The number of hydrogen-bond donors (Lipinski definition) is 1. The zero-order valence-corrected chi connectivity index (χ0v) is 13.8. The van der Waals surface area contributed by atoms with Gasteiger partial charge in [-0.3, -0.25) is 4.79 Å². The topological polar surface area (TPSA) is 75.7 Å². The number of hydrogen-bond acceptors (Lipinski definition) is 4. The van der Waals surface area contributed by atoms with Crippen molar-refractivity contribution in [3.8, 4) is 5.75 Å². The number of carbonyl (C=O) groups excluding carboxylic acids is 1. The average Bonchev–Trinajstić information content (AvgIpc) is 2.53.